The number of H-pyrrole nitrogens is 1. The Morgan fingerprint density at radius 1 is 1.50 bits per heavy atom. The van der Waals surface area contributed by atoms with Crippen molar-refractivity contribution in [2.45, 2.75) is 19.9 Å². The molecular formula is C10H13N5O. The standard InChI is InChI=1S/C10H13N5O/c1-6(2)15-10(16)7(5-13-15)9-12-4-3-8(11)14-9/h3-6,13H,1-2H3,(H2,11,12,14). The monoisotopic (exact) mass is 219 g/mol. The lowest BCUT2D eigenvalue weighted by Crippen LogP contribution is -2.20. The molecular weight excluding hydrogens is 206 g/mol. The number of rotatable bonds is 2. The van der Waals surface area contributed by atoms with Gasteiger partial charge >= 0.3 is 0 Å². The van der Waals surface area contributed by atoms with Crippen molar-refractivity contribution >= 4 is 5.82 Å². The SMILES string of the molecule is CC(C)n1[nH]cc(-c2nccc(N)n2)c1=O. The van der Waals surface area contributed by atoms with E-state index < -0.39 is 0 Å². The maximum Gasteiger partial charge on any atom is 0.277 e. The van der Waals surface area contributed by atoms with Crippen molar-refractivity contribution < 1.29 is 0 Å². The average Bonchev–Trinajstić information content (AvgIpc) is 2.60. The van der Waals surface area contributed by atoms with Crippen molar-refractivity contribution in [2.75, 3.05) is 5.73 Å². The first-order valence-electron chi connectivity index (χ1n) is 4.98. The fourth-order valence-electron chi connectivity index (χ4n) is 1.43. The summed E-state index contributed by atoms with van der Waals surface area (Å²) in [6.45, 7) is 3.84. The van der Waals surface area contributed by atoms with Gasteiger partial charge < -0.3 is 10.8 Å². The normalized spacial score (nSPS) is 10.9. The number of nitrogens with two attached hydrogens (primary N) is 1. The fraction of sp³-hybridized carbons (Fsp3) is 0.300. The van der Waals surface area contributed by atoms with Gasteiger partial charge in [0.2, 0.25) is 0 Å². The van der Waals surface area contributed by atoms with Crippen LogP contribution in [0.5, 0.6) is 0 Å². The summed E-state index contributed by atoms with van der Waals surface area (Å²) in [4.78, 5) is 20.0. The molecule has 0 spiro atoms. The van der Waals surface area contributed by atoms with Gasteiger partial charge in [0.1, 0.15) is 11.4 Å². The first-order valence-corrected chi connectivity index (χ1v) is 4.98. The van der Waals surface area contributed by atoms with Crippen LogP contribution in [0.15, 0.2) is 23.3 Å². The van der Waals surface area contributed by atoms with Gasteiger partial charge in [-0.25, -0.2) is 9.97 Å². The lowest BCUT2D eigenvalue weighted by atomic mass is 10.3. The molecule has 0 bridgehead atoms. The third-order valence-corrected chi connectivity index (χ3v) is 2.23. The molecule has 3 N–H and O–H groups in total. The number of nitrogens with zero attached hydrogens (tertiary/aromatic N) is 3. The van der Waals surface area contributed by atoms with E-state index in [0.29, 0.717) is 17.2 Å². The number of aromatic amines is 1. The van der Waals surface area contributed by atoms with Crippen molar-refractivity contribution in [3.8, 4) is 11.4 Å². The molecule has 84 valence electrons. The number of nitrogens with one attached hydrogen (secondary N) is 1. The summed E-state index contributed by atoms with van der Waals surface area (Å²) in [6, 6.07) is 1.65. The van der Waals surface area contributed by atoms with Gasteiger partial charge in [0.05, 0.1) is 0 Å². The topological polar surface area (TPSA) is 89.6 Å². The summed E-state index contributed by atoms with van der Waals surface area (Å²) in [7, 11) is 0. The molecule has 0 atom stereocenters. The number of nitrogen functional groups attached to an aromatic ring is 1. The van der Waals surface area contributed by atoms with Crippen LogP contribution in [-0.2, 0) is 0 Å². The third-order valence-electron chi connectivity index (χ3n) is 2.23. The molecule has 0 aliphatic carbocycles. The van der Waals surface area contributed by atoms with Gasteiger partial charge in [0.15, 0.2) is 5.82 Å². The maximum atomic E-state index is 11.9. The van der Waals surface area contributed by atoms with Crippen molar-refractivity contribution in [1.29, 1.82) is 0 Å². The largest absolute Gasteiger partial charge is 0.384 e. The lowest BCUT2D eigenvalue weighted by molar-refractivity contribution is 0.517. The van der Waals surface area contributed by atoms with Gasteiger partial charge in [0.25, 0.3) is 5.56 Å². The van der Waals surface area contributed by atoms with E-state index in [-0.39, 0.29) is 11.6 Å². The number of hydrogen-bond acceptors (Lipinski definition) is 4. The molecule has 0 aliphatic heterocycles. The second-order valence-corrected chi connectivity index (χ2v) is 3.76. The maximum absolute atomic E-state index is 11.9. The summed E-state index contributed by atoms with van der Waals surface area (Å²) in [5.74, 6) is 0.697. The van der Waals surface area contributed by atoms with E-state index in [9.17, 15) is 4.79 Å². The molecule has 2 aromatic rings. The molecule has 6 nitrogen and oxygen atoms in total. The van der Waals surface area contributed by atoms with Crippen LogP contribution < -0.4 is 11.3 Å². The van der Waals surface area contributed by atoms with Gasteiger partial charge in [-0.15, -0.1) is 0 Å². The van der Waals surface area contributed by atoms with Crippen molar-refractivity contribution in [1.82, 2.24) is 19.7 Å². The highest BCUT2D eigenvalue weighted by Crippen LogP contribution is 2.11. The molecule has 0 saturated heterocycles. The van der Waals surface area contributed by atoms with E-state index >= 15 is 0 Å². The molecule has 2 heterocycles. The fourth-order valence-corrected chi connectivity index (χ4v) is 1.43. The predicted molar refractivity (Wildman–Crippen MR) is 60.9 cm³/mol. The molecule has 6 heteroatoms. The molecule has 0 unspecified atom stereocenters. The Balaban J connectivity index is 2.54. The summed E-state index contributed by atoms with van der Waals surface area (Å²) in [6.07, 6.45) is 3.13. The Morgan fingerprint density at radius 2 is 2.25 bits per heavy atom. The Labute approximate surface area is 92.1 Å². The number of aromatic nitrogens is 4. The van der Waals surface area contributed by atoms with E-state index in [1.165, 1.54) is 10.9 Å². The number of hydrogen-bond donors (Lipinski definition) is 2. The van der Waals surface area contributed by atoms with Crippen molar-refractivity contribution in [3.05, 3.63) is 28.8 Å². The molecule has 0 saturated carbocycles. The molecule has 0 aliphatic rings. The van der Waals surface area contributed by atoms with E-state index in [2.05, 4.69) is 15.1 Å². The second kappa shape index (κ2) is 3.80. The molecule has 2 aromatic heterocycles. The Bertz CT molecular complexity index is 554. The minimum Gasteiger partial charge on any atom is -0.384 e. The first-order chi connectivity index (χ1) is 7.59. The third kappa shape index (κ3) is 1.69. The summed E-state index contributed by atoms with van der Waals surface area (Å²) in [5.41, 5.74) is 5.84. The zero-order valence-corrected chi connectivity index (χ0v) is 9.14. The molecule has 0 radical (unpaired) electrons. The minimum atomic E-state index is -0.138. The predicted octanol–water partition coefficient (Wildman–Crippen LogP) is 0.796. The highest BCUT2D eigenvalue weighted by Gasteiger charge is 2.12. The van der Waals surface area contributed by atoms with Crippen LogP contribution in [0, 0.1) is 0 Å². The zero-order chi connectivity index (χ0) is 11.7. The van der Waals surface area contributed by atoms with E-state index in [1.54, 1.807) is 12.3 Å². The highest BCUT2D eigenvalue weighted by molar-refractivity contribution is 5.53. The minimum absolute atomic E-state index is 0.0716. The smallest absolute Gasteiger partial charge is 0.277 e. The van der Waals surface area contributed by atoms with Crippen LogP contribution in [-0.4, -0.2) is 19.7 Å². The molecule has 2 rings (SSSR count). The van der Waals surface area contributed by atoms with Crippen molar-refractivity contribution in [3.63, 3.8) is 0 Å². The van der Waals surface area contributed by atoms with E-state index in [0.717, 1.165) is 0 Å². The zero-order valence-electron chi connectivity index (χ0n) is 9.14. The Hall–Kier alpha value is -2.11. The number of anilines is 1. The van der Waals surface area contributed by atoms with Crippen molar-refractivity contribution in [2.24, 2.45) is 0 Å². The molecule has 0 amide bonds. The van der Waals surface area contributed by atoms with Gasteiger partial charge in [-0.05, 0) is 19.9 Å². The summed E-state index contributed by atoms with van der Waals surface area (Å²) >= 11 is 0. The van der Waals surface area contributed by atoms with Crippen LogP contribution in [0.2, 0.25) is 0 Å². The first kappa shape index (κ1) is 10.4. The van der Waals surface area contributed by atoms with E-state index in [1.807, 2.05) is 13.8 Å². The average molecular weight is 219 g/mol. The lowest BCUT2D eigenvalue weighted by Gasteiger charge is -2.03. The van der Waals surface area contributed by atoms with Gasteiger partial charge in [-0.3, -0.25) is 9.48 Å². The van der Waals surface area contributed by atoms with Gasteiger partial charge in [0, 0.05) is 18.4 Å². The van der Waals surface area contributed by atoms with Crippen LogP contribution in [0.1, 0.15) is 19.9 Å². The Kier molecular flexibility index (Phi) is 2.47. The van der Waals surface area contributed by atoms with E-state index in [4.69, 9.17) is 5.73 Å². The highest BCUT2D eigenvalue weighted by atomic mass is 16.1. The second-order valence-electron chi connectivity index (χ2n) is 3.76. The Morgan fingerprint density at radius 3 is 2.81 bits per heavy atom. The van der Waals surface area contributed by atoms with Crippen LogP contribution in [0.3, 0.4) is 0 Å². The molecule has 0 fully saturated rings. The summed E-state index contributed by atoms with van der Waals surface area (Å²) < 4.78 is 1.52. The summed E-state index contributed by atoms with van der Waals surface area (Å²) in [5, 5.41) is 2.87. The molecule has 0 aromatic carbocycles. The van der Waals surface area contributed by atoms with Gasteiger partial charge in [-0.1, -0.05) is 0 Å². The van der Waals surface area contributed by atoms with Gasteiger partial charge in [-0.2, -0.15) is 0 Å². The van der Waals surface area contributed by atoms with Crippen LogP contribution in [0.25, 0.3) is 11.4 Å². The molecule has 16 heavy (non-hydrogen) atoms. The quantitative estimate of drug-likeness (QED) is 0.781. The van der Waals surface area contributed by atoms with Crippen LogP contribution >= 0.6 is 0 Å². The van der Waals surface area contributed by atoms with Crippen LogP contribution in [0.4, 0.5) is 5.82 Å².